The molecule has 0 aliphatic rings. The van der Waals surface area contributed by atoms with Crippen molar-refractivity contribution in [3.05, 3.63) is 22.1 Å². The van der Waals surface area contributed by atoms with Gasteiger partial charge in [0.25, 0.3) is 5.56 Å². The molecule has 2 aromatic rings. The minimum atomic E-state index is -0.124. The molecule has 1 amide bonds. The topological polar surface area (TPSA) is 79.8 Å². The molecule has 2 N–H and O–H groups in total. The second-order valence-corrected chi connectivity index (χ2v) is 6.73. The summed E-state index contributed by atoms with van der Waals surface area (Å²) in [5.74, 6) is 0.785. The van der Waals surface area contributed by atoms with Crippen LogP contribution in [0.25, 0.3) is 11.0 Å². The Morgan fingerprint density at radius 3 is 2.91 bits per heavy atom. The van der Waals surface area contributed by atoms with Crippen molar-refractivity contribution in [2.45, 2.75) is 32.3 Å². The molecule has 0 fully saturated rings. The molecule has 0 unspecified atom stereocenters. The molecular formula is C15H22N4O2S. The van der Waals surface area contributed by atoms with Gasteiger partial charge >= 0.3 is 0 Å². The molecule has 0 bridgehead atoms. The third-order valence-electron chi connectivity index (χ3n) is 3.33. The second-order valence-electron chi connectivity index (χ2n) is 5.79. The standard InChI is InChI=1S/C15H22N4O2S/c1-9(2)5-6-16-12(20)8-22-15-18-11-7-10(3)17-13(11)14(21)19(15)4/h7,9,17H,5-6,8H2,1-4H3,(H,16,20). The van der Waals surface area contributed by atoms with E-state index in [4.69, 9.17) is 0 Å². The number of thioether (sulfide) groups is 1. The largest absolute Gasteiger partial charge is 0.355 e. The molecule has 0 aliphatic heterocycles. The van der Waals surface area contributed by atoms with E-state index in [9.17, 15) is 9.59 Å². The molecule has 0 atom stereocenters. The number of amides is 1. The molecule has 120 valence electrons. The third kappa shape index (κ3) is 3.91. The molecule has 2 aromatic heterocycles. The average molecular weight is 322 g/mol. The van der Waals surface area contributed by atoms with Gasteiger partial charge in [-0.1, -0.05) is 25.6 Å². The molecule has 0 aromatic carbocycles. The number of aromatic nitrogens is 3. The van der Waals surface area contributed by atoms with Crippen LogP contribution in [0.2, 0.25) is 0 Å². The Labute approximate surface area is 133 Å². The minimum absolute atomic E-state index is 0.0368. The monoisotopic (exact) mass is 322 g/mol. The number of carbonyl (C=O) groups excluding carboxylic acids is 1. The zero-order valence-corrected chi connectivity index (χ0v) is 14.2. The molecule has 0 saturated carbocycles. The highest BCUT2D eigenvalue weighted by atomic mass is 32.2. The molecule has 0 radical (unpaired) electrons. The van der Waals surface area contributed by atoms with Crippen molar-refractivity contribution in [1.82, 2.24) is 19.9 Å². The zero-order chi connectivity index (χ0) is 16.3. The molecule has 0 aliphatic carbocycles. The van der Waals surface area contributed by atoms with Gasteiger partial charge in [-0.25, -0.2) is 4.98 Å². The van der Waals surface area contributed by atoms with Gasteiger partial charge in [-0.15, -0.1) is 0 Å². The van der Waals surface area contributed by atoms with Gasteiger partial charge < -0.3 is 10.3 Å². The normalized spacial score (nSPS) is 11.3. The summed E-state index contributed by atoms with van der Waals surface area (Å²) in [5.41, 5.74) is 1.92. The smallest absolute Gasteiger partial charge is 0.278 e. The van der Waals surface area contributed by atoms with Crippen LogP contribution in [-0.2, 0) is 11.8 Å². The van der Waals surface area contributed by atoms with Crippen LogP contribution < -0.4 is 10.9 Å². The van der Waals surface area contributed by atoms with Gasteiger partial charge in [0.2, 0.25) is 5.91 Å². The lowest BCUT2D eigenvalue weighted by Crippen LogP contribution is -2.27. The van der Waals surface area contributed by atoms with Crippen LogP contribution >= 0.6 is 11.8 Å². The van der Waals surface area contributed by atoms with Crippen molar-refractivity contribution in [2.75, 3.05) is 12.3 Å². The maximum atomic E-state index is 12.2. The number of hydrogen-bond donors (Lipinski definition) is 2. The van der Waals surface area contributed by atoms with E-state index >= 15 is 0 Å². The predicted octanol–water partition coefficient (Wildman–Crippen LogP) is 1.82. The average Bonchev–Trinajstić information content (AvgIpc) is 2.81. The molecule has 0 spiro atoms. The summed E-state index contributed by atoms with van der Waals surface area (Å²) in [6.45, 7) is 6.80. The third-order valence-corrected chi connectivity index (χ3v) is 4.36. The van der Waals surface area contributed by atoms with E-state index in [-0.39, 0.29) is 17.2 Å². The summed E-state index contributed by atoms with van der Waals surface area (Å²) in [5, 5.41) is 3.43. The van der Waals surface area contributed by atoms with E-state index in [1.54, 1.807) is 7.05 Å². The van der Waals surface area contributed by atoms with Crippen LogP contribution in [0.3, 0.4) is 0 Å². The van der Waals surface area contributed by atoms with Crippen molar-refractivity contribution in [3.63, 3.8) is 0 Å². The Morgan fingerprint density at radius 2 is 2.23 bits per heavy atom. The fourth-order valence-electron chi connectivity index (χ4n) is 2.07. The molecule has 6 nitrogen and oxygen atoms in total. The number of nitrogens with zero attached hydrogens (tertiary/aromatic N) is 2. The Hall–Kier alpha value is -1.76. The SMILES string of the molecule is Cc1cc2nc(SCC(=O)NCCC(C)C)n(C)c(=O)c2[nH]1. The summed E-state index contributed by atoms with van der Waals surface area (Å²) in [4.78, 5) is 31.5. The number of fused-ring (bicyclic) bond motifs is 1. The maximum absolute atomic E-state index is 12.2. The Balaban J connectivity index is 2.04. The van der Waals surface area contributed by atoms with E-state index in [0.29, 0.717) is 28.7 Å². The van der Waals surface area contributed by atoms with Crippen molar-refractivity contribution in [3.8, 4) is 0 Å². The quantitative estimate of drug-likeness (QED) is 0.628. The molecule has 2 rings (SSSR count). The van der Waals surface area contributed by atoms with E-state index in [2.05, 4.69) is 29.1 Å². The fraction of sp³-hybridized carbons (Fsp3) is 0.533. The maximum Gasteiger partial charge on any atom is 0.278 e. The summed E-state index contributed by atoms with van der Waals surface area (Å²) >= 11 is 1.28. The highest BCUT2D eigenvalue weighted by molar-refractivity contribution is 7.99. The summed E-state index contributed by atoms with van der Waals surface area (Å²) in [6.07, 6.45) is 0.960. The number of aryl methyl sites for hydroxylation is 1. The predicted molar refractivity (Wildman–Crippen MR) is 89.3 cm³/mol. The van der Waals surface area contributed by atoms with Gasteiger partial charge in [0.05, 0.1) is 11.3 Å². The highest BCUT2D eigenvalue weighted by Crippen LogP contribution is 2.17. The van der Waals surface area contributed by atoms with Crippen molar-refractivity contribution >= 4 is 28.7 Å². The van der Waals surface area contributed by atoms with Crippen LogP contribution in [0, 0.1) is 12.8 Å². The van der Waals surface area contributed by atoms with Crippen LogP contribution in [0.5, 0.6) is 0 Å². The van der Waals surface area contributed by atoms with Crippen molar-refractivity contribution < 1.29 is 4.79 Å². The lowest BCUT2D eigenvalue weighted by molar-refractivity contribution is -0.118. The minimum Gasteiger partial charge on any atom is -0.355 e. The first-order valence-electron chi connectivity index (χ1n) is 7.34. The lowest BCUT2D eigenvalue weighted by Gasteiger charge is -2.08. The van der Waals surface area contributed by atoms with E-state index < -0.39 is 0 Å². The molecule has 2 heterocycles. The first-order chi connectivity index (χ1) is 10.4. The number of hydrogen-bond acceptors (Lipinski definition) is 4. The van der Waals surface area contributed by atoms with Gasteiger partial charge in [-0.05, 0) is 25.3 Å². The summed E-state index contributed by atoms with van der Waals surface area (Å²) < 4.78 is 1.48. The van der Waals surface area contributed by atoms with Crippen molar-refractivity contribution in [2.24, 2.45) is 13.0 Å². The van der Waals surface area contributed by atoms with Gasteiger partial charge in [-0.2, -0.15) is 0 Å². The van der Waals surface area contributed by atoms with Crippen LogP contribution in [-0.4, -0.2) is 32.7 Å². The number of carbonyl (C=O) groups is 1. The van der Waals surface area contributed by atoms with Gasteiger partial charge in [0, 0.05) is 19.3 Å². The Morgan fingerprint density at radius 1 is 1.50 bits per heavy atom. The Kier molecular flexibility index (Phi) is 5.28. The van der Waals surface area contributed by atoms with Crippen LogP contribution in [0.1, 0.15) is 26.0 Å². The van der Waals surface area contributed by atoms with Gasteiger partial charge in [-0.3, -0.25) is 14.2 Å². The molecule has 22 heavy (non-hydrogen) atoms. The van der Waals surface area contributed by atoms with Gasteiger partial charge in [0.1, 0.15) is 5.52 Å². The van der Waals surface area contributed by atoms with Gasteiger partial charge in [0.15, 0.2) is 5.16 Å². The summed E-state index contributed by atoms with van der Waals surface area (Å²) in [7, 11) is 1.67. The molecular weight excluding hydrogens is 300 g/mol. The lowest BCUT2D eigenvalue weighted by atomic mass is 10.1. The van der Waals surface area contributed by atoms with Crippen LogP contribution in [0.4, 0.5) is 0 Å². The highest BCUT2D eigenvalue weighted by Gasteiger charge is 2.12. The first kappa shape index (κ1) is 16.6. The Bertz CT molecular complexity index is 733. The number of aromatic amines is 1. The number of H-pyrrole nitrogens is 1. The molecule has 0 saturated heterocycles. The fourth-order valence-corrected chi connectivity index (χ4v) is 2.87. The zero-order valence-electron chi connectivity index (χ0n) is 13.4. The van der Waals surface area contributed by atoms with E-state index in [0.717, 1.165) is 12.1 Å². The number of rotatable bonds is 6. The second kappa shape index (κ2) is 7.00. The van der Waals surface area contributed by atoms with Crippen molar-refractivity contribution in [1.29, 1.82) is 0 Å². The first-order valence-corrected chi connectivity index (χ1v) is 8.33. The van der Waals surface area contributed by atoms with E-state index in [1.807, 2.05) is 13.0 Å². The number of nitrogens with one attached hydrogen (secondary N) is 2. The summed E-state index contributed by atoms with van der Waals surface area (Å²) in [6, 6.07) is 1.84. The van der Waals surface area contributed by atoms with E-state index in [1.165, 1.54) is 16.3 Å². The van der Waals surface area contributed by atoms with Crippen LogP contribution in [0.15, 0.2) is 16.0 Å². The molecule has 7 heteroatoms.